The largest absolute Gasteiger partial charge is 0.355 e. The molecule has 4 aromatic heterocycles. The van der Waals surface area contributed by atoms with Crippen LogP contribution in [0.2, 0.25) is 0 Å². The van der Waals surface area contributed by atoms with Gasteiger partial charge >= 0.3 is 0 Å². The third-order valence-corrected chi connectivity index (χ3v) is 6.82. The quantitative estimate of drug-likeness (QED) is 0.494. The van der Waals surface area contributed by atoms with E-state index in [1.54, 1.807) is 12.4 Å². The summed E-state index contributed by atoms with van der Waals surface area (Å²) in [6.45, 7) is 4.65. The van der Waals surface area contributed by atoms with Gasteiger partial charge in [-0.05, 0) is 75.2 Å². The Morgan fingerprint density at radius 1 is 0.719 bits per heavy atom. The van der Waals surface area contributed by atoms with Crippen LogP contribution in [0.25, 0.3) is 28.2 Å². The molecule has 0 spiro atoms. The van der Waals surface area contributed by atoms with E-state index in [2.05, 4.69) is 31.9 Å². The Bertz CT molecular complexity index is 1190. The number of aromatic nitrogens is 5. The maximum absolute atomic E-state index is 5.07. The van der Waals surface area contributed by atoms with Crippen molar-refractivity contribution in [2.24, 2.45) is 0 Å². The molecule has 0 radical (unpaired) electrons. The van der Waals surface area contributed by atoms with Gasteiger partial charge in [-0.3, -0.25) is 9.97 Å². The Morgan fingerprint density at radius 3 is 2.06 bits per heavy atom. The van der Waals surface area contributed by atoms with Gasteiger partial charge in [0.2, 0.25) is 0 Å². The Balaban J connectivity index is 1.37. The number of hydrogen-bond donors (Lipinski definition) is 0. The van der Waals surface area contributed by atoms with Gasteiger partial charge in [0, 0.05) is 55.0 Å². The minimum Gasteiger partial charge on any atom is -0.355 e. The average molecular weight is 426 g/mol. The highest BCUT2D eigenvalue weighted by atomic mass is 15.3. The van der Waals surface area contributed by atoms with E-state index in [1.165, 1.54) is 38.8 Å². The van der Waals surface area contributed by atoms with Gasteiger partial charge in [-0.2, -0.15) is 0 Å². The highest BCUT2D eigenvalue weighted by Crippen LogP contribution is 2.33. The topological polar surface area (TPSA) is 62.5 Å². The molecule has 6 rings (SSSR count). The average Bonchev–Trinajstić information content (AvgIpc) is 3.53. The van der Waals surface area contributed by atoms with Crippen LogP contribution >= 0.6 is 0 Å². The molecule has 2 aliphatic rings. The van der Waals surface area contributed by atoms with Gasteiger partial charge in [0.25, 0.3) is 0 Å². The van der Waals surface area contributed by atoms with E-state index >= 15 is 0 Å². The SMILES string of the molecule is c1cc(-c2nc3ccc(N4CCC(N5CCCC5)CC4)nn3c2-c2ccncc2)ccn1. The molecular weight excluding hydrogens is 398 g/mol. The standard InChI is InChI=1S/C25H27N7/c1-2-16-30(15-1)21-9-17-31(18-10-21)23-4-3-22-28-24(19-5-11-26-12-6-19)25(32(22)29-23)20-7-13-27-14-8-20/h3-8,11-14,21H,1-2,9-10,15-18H2. The molecule has 32 heavy (non-hydrogen) atoms. The summed E-state index contributed by atoms with van der Waals surface area (Å²) in [5.41, 5.74) is 4.83. The summed E-state index contributed by atoms with van der Waals surface area (Å²) in [6.07, 6.45) is 12.4. The van der Waals surface area contributed by atoms with Gasteiger partial charge in [-0.25, -0.2) is 9.50 Å². The van der Waals surface area contributed by atoms with Crippen molar-refractivity contribution >= 4 is 11.5 Å². The van der Waals surface area contributed by atoms with Crippen molar-refractivity contribution in [3.8, 4) is 22.5 Å². The Morgan fingerprint density at radius 2 is 1.38 bits per heavy atom. The summed E-state index contributed by atoms with van der Waals surface area (Å²) in [5, 5.41) is 5.07. The van der Waals surface area contributed by atoms with Crippen molar-refractivity contribution in [2.75, 3.05) is 31.1 Å². The number of rotatable bonds is 4. The molecular formula is C25H27N7. The van der Waals surface area contributed by atoms with Crippen molar-refractivity contribution < 1.29 is 0 Å². The fraction of sp³-hybridized carbons (Fsp3) is 0.360. The normalized spacial score (nSPS) is 17.9. The summed E-state index contributed by atoms with van der Waals surface area (Å²) in [5.74, 6) is 1.02. The van der Waals surface area contributed by atoms with E-state index in [0.29, 0.717) is 0 Å². The van der Waals surface area contributed by atoms with Gasteiger partial charge in [0.15, 0.2) is 5.65 Å². The van der Waals surface area contributed by atoms with Gasteiger partial charge in [0.1, 0.15) is 11.5 Å². The predicted molar refractivity (Wildman–Crippen MR) is 125 cm³/mol. The minimum atomic E-state index is 0.733. The first-order valence-corrected chi connectivity index (χ1v) is 11.6. The molecule has 0 N–H and O–H groups in total. The lowest BCUT2D eigenvalue weighted by molar-refractivity contribution is 0.207. The van der Waals surface area contributed by atoms with Crippen LogP contribution in [0.15, 0.2) is 61.2 Å². The number of nitrogens with zero attached hydrogens (tertiary/aromatic N) is 7. The molecule has 2 aliphatic heterocycles. The summed E-state index contributed by atoms with van der Waals surface area (Å²) in [7, 11) is 0. The van der Waals surface area contributed by atoms with Crippen LogP contribution in [-0.4, -0.2) is 61.7 Å². The van der Waals surface area contributed by atoms with Crippen molar-refractivity contribution in [1.29, 1.82) is 0 Å². The fourth-order valence-electron chi connectivity index (χ4n) is 5.14. The lowest BCUT2D eigenvalue weighted by Crippen LogP contribution is -2.44. The molecule has 0 amide bonds. The first kappa shape index (κ1) is 19.4. The van der Waals surface area contributed by atoms with E-state index in [9.17, 15) is 0 Å². The Kier molecular flexibility index (Phi) is 5.03. The van der Waals surface area contributed by atoms with Crippen molar-refractivity contribution in [1.82, 2.24) is 29.5 Å². The smallest absolute Gasteiger partial charge is 0.155 e. The predicted octanol–water partition coefficient (Wildman–Crippen LogP) is 3.92. The second kappa shape index (κ2) is 8.31. The zero-order valence-corrected chi connectivity index (χ0v) is 18.1. The Hall–Kier alpha value is -3.32. The second-order valence-electron chi connectivity index (χ2n) is 8.70. The minimum absolute atomic E-state index is 0.733. The molecule has 2 fully saturated rings. The number of fused-ring (bicyclic) bond motifs is 1. The Labute approximate surface area is 187 Å². The summed E-state index contributed by atoms with van der Waals surface area (Å²) in [4.78, 5) is 18.4. The number of hydrogen-bond acceptors (Lipinski definition) is 6. The number of likely N-dealkylation sites (tertiary alicyclic amines) is 1. The van der Waals surface area contributed by atoms with Gasteiger partial charge in [-0.15, -0.1) is 5.10 Å². The van der Waals surface area contributed by atoms with Crippen LogP contribution in [0, 0.1) is 0 Å². The lowest BCUT2D eigenvalue weighted by Gasteiger charge is -2.37. The van der Waals surface area contributed by atoms with Crippen LogP contribution in [0.5, 0.6) is 0 Å². The number of pyridine rings is 2. The van der Waals surface area contributed by atoms with E-state index in [1.807, 2.05) is 41.2 Å². The molecule has 0 aliphatic carbocycles. The molecule has 2 saturated heterocycles. The fourth-order valence-corrected chi connectivity index (χ4v) is 5.14. The highest BCUT2D eigenvalue weighted by Gasteiger charge is 2.27. The van der Waals surface area contributed by atoms with Gasteiger partial charge in [0.05, 0.1) is 5.69 Å². The monoisotopic (exact) mass is 425 g/mol. The maximum atomic E-state index is 5.07. The van der Waals surface area contributed by atoms with E-state index in [-0.39, 0.29) is 0 Å². The molecule has 0 aromatic carbocycles. The number of piperidine rings is 1. The second-order valence-corrected chi connectivity index (χ2v) is 8.70. The van der Waals surface area contributed by atoms with Gasteiger partial charge < -0.3 is 9.80 Å². The molecule has 0 saturated carbocycles. The molecule has 0 bridgehead atoms. The lowest BCUT2D eigenvalue weighted by atomic mass is 10.0. The van der Waals surface area contributed by atoms with E-state index in [0.717, 1.165) is 53.1 Å². The molecule has 0 unspecified atom stereocenters. The molecule has 162 valence electrons. The number of imidazole rings is 1. The molecule has 7 nitrogen and oxygen atoms in total. The van der Waals surface area contributed by atoms with Crippen molar-refractivity contribution in [3.05, 3.63) is 61.2 Å². The first-order valence-electron chi connectivity index (χ1n) is 11.6. The summed E-state index contributed by atoms with van der Waals surface area (Å²) >= 11 is 0. The van der Waals surface area contributed by atoms with E-state index < -0.39 is 0 Å². The van der Waals surface area contributed by atoms with E-state index in [4.69, 9.17) is 10.1 Å². The van der Waals surface area contributed by atoms with Gasteiger partial charge in [-0.1, -0.05) is 0 Å². The zero-order chi connectivity index (χ0) is 21.3. The summed E-state index contributed by atoms with van der Waals surface area (Å²) < 4.78 is 1.99. The highest BCUT2D eigenvalue weighted by molar-refractivity contribution is 5.81. The van der Waals surface area contributed by atoms with Crippen LogP contribution in [-0.2, 0) is 0 Å². The van der Waals surface area contributed by atoms with Crippen LogP contribution in [0.1, 0.15) is 25.7 Å². The summed E-state index contributed by atoms with van der Waals surface area (Å²) in [6, 6.07) is 13.0. The first-order chi connectivity index (χ1) is 15.9. The third-order valence-electron chi connectivity index (χ3n) is 6.82. The molecule has 0 atom stereocenters. The zero-order valence-electron chi connectivity index (χ0n) is 18.1. The number of anilines is 1. The van der Waals surface area contributed by atoms with Crippen molar-refractivity contribution in [3.63, 3.8) is 0 Å². The molecule has 4 aromatic rings. The van der Waals surface area contributed by atoms with Crippen molar-refractivity contribution in [2.45, 2.75) is 31.7 Å². The van der Waals surface area contributed by atoms with Crippen LogP contribution in [0.4, 0.5) is 5.82 Å². The molecule has 6 heterocycles. The van der Waals surface area contributed by atoms with Crippen LogP contribution < -0.4 is 4.90 Å². The van der Waals surface area contributed by atoms with Crippen LogP contribution in [0.3, 0.4) is 0 Å². The maximum Gasteiger partial charge on any atom is 0.155 e. The molecule has 7 heteroatoms. The third kappa shape index (κ3) is 3.52.